The summed E-state index contributed by atoms with van der Waals surface area (Å²) >= 11 is 0. The number of ether oxygens (including phenoxy) is 1. The third-order valence-electron chi connectivity index (χ3n) is 2.11. The molecular weight excluding hydrogens is 186 g/mol. The Morgan fingerprint density at radius 3 is 2.64 bits per heavy atom. The number of nitrogens with one attached hydrogen (secondary N) is 1. The highest BCUT2D eigenvalue weighted by molar-refractivity contribution is 5.76. The first-order chi connectivity index (χ1) is 6.68. The minimum atomic E-state index is -0.861. The molecule has 1 unspecified atom stereocenters. The average Bonchev–Trinajstić information content (AvgIpc) is 2.00. The number of aliphatic carboxylic acids is 1. The average molecular weight is 201 g/mol. The number of hydrogen-bond acceptors (Lipinski definition) is 3. The first-order valence-electron chi connectivity index (χ1n) is 4.78. The molecule has 0 aliphatic carbocycles. The Balaban J connectivity index is 1.95. The van der Waals surface area contributed by atoms with Crippen molar-refractivity contribution < 1.29 is 19.4 Å². The zero-order valence-electron chi connectivity index (χ0n) is 7.99. The molecular formula is C9H15NO4. The first kappa shape index (κ1) is 11.0. The van der Waals surface area contributed by atoms with Crippen molar-refractivity contribution in [2.75, 3.05) is 13.2 Å². The molecule has 1 aliphatic rings. The highest BCUT2D eigenvalue weighted by Gasteiger charge is 2.18. The van der Waals surface area contributed by atoms with Gasteiger partial charge in [-0.1, -0.05) is 0 Å². The first-order valence-corrected chi connectivity index (χ1v) is 4.78. The van der Waals surface area contributed by atoms with Gasteiger partial charge in [-0.05, 0) is 12.8 Å². The van der Waals surface area contributed by atoms with Gasteiger partial charge in [-0.25, -0.2) is 0 Å². The van der Waals surface area contributed by atoms with Gasteiger partial charge in [0.1, 0.15) is 0 Å². The van der Waals surface area contributed by atoms with Crippen molar-refractivity contribution in [2.24, 2.45) is 0 Å². The van der Waals surface area contributed by atoms with Crippen molar-refractivity contribution in [2.45, 2.75) is 31.8 Å². The van der Waals surface area contributed by atoms with Gasteiger partial charge in [-0.3, -0.25) is 9.59 Å². The summed E-state index contributed by atoms with van der Waals surface area (Å²) in [4.78, 5) is 21.3. The lowest BCUT2D eigenvalue weighted by Crippen LogP contribution is -2.39. The molecule has 14 heavy (non-hydrogen) atoms. The summed E-state index contributed by atoms with van der Waals surface area (Å²) < 4.78 is 5.11. The fraction of sp³-hybridized carbons (Fsp3) is 0.778. The normalized spacial score (nSPS) is 19.9. The van der Waals surface area contributed by atoms with Crippen LogP contribution in [0.15, 0.2) is 0 Å². The van der Waals surface area contributed by atoms with Gasteiger partial charge in [0.15, 0.2) is 0 Å². The summed E-state index contributed by atoms with van der Waals surface area (Å²) in [6.45, 7) is 1.32. The smallest absolute Gasteiger partial charge is 0.303 e. The summed E-state index contributed by atoms with van der Waals surface area (Å²) in [6, 6.07) is 0. The van der Waals surface area contributed by atoms with E-state index in [0.29, 0.717) is 13.0 Å². The minimum absolute atomic E-state index is 0.0490. The Morgan fingerprint density at radius 2 is 2.14 bits per heavy atom. The lowest BCUT2D eigenvalue weighted by atomic mass is 10.2. The van der Waals surface area contributed by atoms with Crippen LogP contribution in [0.1, 0.15) is 25.7 Å². The number of carbonyl (C=O) groups is 2. The summed E-state index contributed by atoms with van der Waals surface area (Å²) in [7, 11) is 0. The molecule has 0 saturated carbocycles. The Kier molecular flexibility index (Phi) is 4.39. The molecule has 1 atom stereocenters. The number of carboxylic acids is 1. The molecule has 1 rings (SSSR count). The van der Waals surface area contributed by atoms with Crippen LogP contribution < -0.4 is 5.32 Å². The van der Waals surface area contributed by atoms with E-state index in [1.165, 1.54) is 0 Å². The number of carboxylic acid groups (broad SMARTS) is 1. The third kappa shape index (κ3) is 4.23. The van der Waals surface area contributed by atoms with Gasteiger partial charge in [0, 0.05) is 26.0 Å². The van der Waals surface area contributed by atoms with Gasteiger partial charge >= 0.3 is 5.97 Å². The van der Waals surface area contributed by atoms with Crippen LogP contribution in [0.4, 0.5) is 0 Å². The van der Waals surface area contributed by atoms with Gasteiger partial charge in [-0.15, -0.1) is 0 Å². The molecule has 1 amide bonds. The zero-order valence-corrected chi connectivity index (χ0v) is 7.99. The van der Waals surface area contributed by atoms with Crippen LogP contribution in [-0.4, -0.2) is 36.2 Å². The molecule has 2 N–H and O–H groups in total. The van der Waals surface area contributed by atoms with Crippen molar-refractivity contribution in [1.82, 2.24) is 5.32 Å². The largest absolute Gasteiger partial charge is 0.481 e. The van der Waals surface area contributed by atoms with E-state index in [2.05, 4.69) is 5.32 Å². The summed E-state index contributed by atoms with van der Waals surface area (Å²) in [5.41, 5.74) is 0. The second-order valence-electron chi connectivity index (χ2n) is 3.33. The van der Waals surface area contributed by atoms with E-state index in [9.17, 15) is 9.59 Å². The van der Waals surface area contributed by atoms with Crippen molar-refractivity contribution in [1.29, 1.82) is 0 Å². The van der Waals surface area contributed by atoms with E-state index in [1.807, 2.05) is 0 Å². The summed E-state index contributed by atoms with van der Waals surface area (Å²) in [6.07, 6.45) is 1.88. The quantitative estimate of drug-likeness (QED) is 0.641. The molecule has 0 bridgehead atoms. The highest BCUT2D eigenvalue weighted by atomic mass is 16.5. The molecule has 1 aliphatic heterocycles. The Hall–Kier alpha value is -1.10. The van der Waals surface area contributed by atoms with Crippen LogP contribution in [0.25, 0.3) is 0 Å². The molecule has 5 heteroatoms. The van der Waals surface area contributed by atoms with E-state index < -0.39 is 5.97 Å². The molecule has 1 saturated heterocycles. The number of amides is 1. The highest BCUT2D eigenvalue weighted by Crippen LogP contribution is 2.08. The van der Waals surface area contributed by atoms with Gasteiger partial charge in [0.05, 0.1) is 6.10 Å². The predicted molar refractivity (Wildman–Crippen MR) is 48.9 cm³/mol. The maximum absolute atomic E-state index is 11.1. The second kappa shape index (κ2) is 5.59. The van der Waals surface area contributed by atoms with Crippen LogP contribution >= 0.6 is 0 Å². The molecule has 0 spiro atoms. The molecule has 80 valence electrons. The Bertz CT molecular complexity index is 213. The Labute approximate surface area is 82.4 Å². The zero-order chi connectivity index (χ0) is 10.4. The van der Waals surface area contributed by atoms with Gasteiger partial charge < -0.3 is 15.2 Å². The lowest BCUT2D eigenvalue weighted by Gasteiger charge is -2.26. The molecule has 0 aromatic carbocycles. The monoisotopic (exact) mass is 201 g/mol. The molecule has 0 radical (unpaired) electrons. The predicted octanol–water partition coefficient (Wildman–Crippen LogP) is 0.146. The molecule has 1 heterocycles. The molecule has 0 aromatic heterocycles. The minimum Gasteiger partial charge on any atom is -0.481 e. The summed E-state index contributed by atoms with van der Waals surface area (Å²) in [5.74, 6) is -0.957. The SMILES string of the molecule is O=C(O)CCCC(=O)NCC1CCO1. The lowest BCUT2D eigenvalue weighted by molar-refractivity contribution is -0.137. The van der Waals surface area contributed by atoms with Gasteiger partial charge in [0.2, 0.25) is 5.91 Å². The van der Waals surface area contributed by atoms with Crippen molar-refractivity contribution >= 4 is 11.9 Å². The molecule has 5 nitrogen and oxygen atoms in total. The topological polar surface area (TPSA) is 75.6 Å². The number of hydrogen-bond donors (Lipinski definition) is 2. The van der Waals surface area contributed by atoms with E-state index >= 15 is 0 Å². The molecule has 0 aromatic rings. The standard InChI is InChI=1S/C9H15NO4/c11-8(2-1-3-9(12)13)10-6-7-4-5-14-7/h7H,1-6H2,(H,10,11)(H,12,13). The number of carbonyl (C=O) groups excluding carboxylic acids is 1. The van der Waals surface area contributed by atoms with Crippen molar-refractivity contribution in [3.05, 3.63) is 0 Å². The number of rotatable bonds is 6. The van der Waals surface area contributed by atoms with E-state index in [0.717, 1.165) is 13.0 Å². The van der Waals surface area contributed by atoms with E-state index in [4.69, 9.17) is 9.84 Å². The maximum Gasteiger partial charge on any atom is 0.303 e. The van der Waals surface area contributed by atoms with Crippen LogP contribution in [0.2, 0.25) is 0 Å². The fourth-order valence-electron chi connectivity index (χ4n) is 1.16. The third-order valence-corrected chi connectivity index (χ3v) is 2.11. The van der Waals surface area contributed by atoms with E-state index in [1.54, 1.807) is 0 Å². The summed E-state index contributed by atoms with van der Waals surface area (Å²) in [5, 5.41) is 11.0. The van der Waals surface area contributed by atoms with E-state index in [-0.39, 0.29) is 24.9 Å². The van der Waals surface area contributed by atoms with Gasteiger partial charge in [-0.2, -0.15) is 0 Å². The van der Waals surface area contributed by atoms with Crippen LogP contribution in [0, 0.1) is 0 Å². The van der Waals surface area contributed by atoms with Crippen LogP contribution in [0.5, 0.6) is 0 Å². The van der Waals surface area contributed by atoms with Crippen molar-refractivity contribution in [3.63, 3.8) is 0 Å². The van der Waals surface area contributed by atoms with Gasteiger partial charge in [0.25, 0.3) is 0 Å². The van der Waals surface area contributed by atoms with Crippen LogP contribution in [-0.2, 0) is 14.3 Å². The molecule has 1 fully saturated rings. The second-order valence-corrected chi connectivity index (χ2v) is 3.33. The Morgan fingerprint density at radius 1 is 1.43 bits per heavy atom. The van der Waals surface area contributed by atoms with Crippen LogP contribution in [0.3, 0.4) is 0 Å². The fourth-order valence-corrected chi connectivity index (χ4v) is 1.16. The maximum atomic E-state index is 11.1. The van der Waals surface area contributed by atoms with Crippen molar-refractivity contribution in [3.8, 4) is 0 Å².